The van der Waals surface area contributed by atoms with Gasteiger partial charge in [0.1, 0.15) is 0 Å². The molecule has 0 heterocycles. The maximum atomic E-state index is 5.47. The van der Waals surface area contributed by atoms with Crippen molar-refractivity contribution in [3.63, 3.8) is 0 Å². The molecule has 0 rings (SSSR count). The van der Waals surface area contributed by atoms with Crippen LogP contribution in [0.25, 0.3) is 0 Å². The van der Waals surface area contributed by atoms with E-state index >= 15 is 0 Å². The van der Waals surface area contributed by atoms with Gasteiger partial charge in [0.25, 0.3) is 0 Å². The molecule has 2 heteroatoms. The van der Waals surface area contributed by atoms with E-state index in [-0.39, 0.29) is 0 Å². The largest absolute Gasteiger partial charge is 0.271 e. The SMILES string of the molecule is CCCC(C)CC(NN)C(C)C. The Morgan fingerprint density at radius 1 is 1.25 bits per heavy atom. The summed E-state index contributed by atoms with van der Waals surface area (Å²) in [5, 5.41) is 0. The highest BCUT2D eigenvalue weighted by Gasteiger charge is 2.14. The number of hydrogen-bond donors (Lipinski definition) is 2. The van der Waals surface area contributed by atoms with Gasteiger partial charge >= 0.3 is 0 Å². The third-order valence-corrected chi connectivity index (χ3v) is 2.46. The molecule has 2 atom stereocenters. The number of nitrogens with one attached hydrogen (secondary N) is 1. The molecule has 0 radical (unpaired) electrons. The van der Waals surface area contributed by atoms with Gasteiger partial charge in [0, 0.05) is 6.04 Å². The summed E-state index contributed by atoms with van der Waals surface area (Å²) in [7, 11) is 0. The molecular weight excluding hydrogens is 148 g/mol. The minimum absolute atomic E-state index is 0.478. The van der Waals surface area contributed by atoms with Crippen LogP contribution in [0.2, 0.25) is 0 Å². The number of hydrogen-bond acceptors (Lipinski definition) is 2. The second kappa shape index (κ2) is 6.44. The van der Waals surface area contributed by atoms with Gasteiger partial charge in [0.2, 0.25) is 0 Å². The Bertz CT molecular complexity index is 102. The van der Waals surface area contributed by atoms with Crippen LogP contribution in [0.15, 0.2) is 0 Å². The van der Waals surface area contributed by atoms with Crippen LogP contribution in [0, 0.1) is 11.8 Å². The molecule has 2 unspecified atom stereocenters. The van der Waals surface area contributed by atoms with Crippen molar-refractivity contribution >= 4 is 0 Å². The fourth-order valence-corrected chi connectivity index (χ4v) is 1.58. The lowest BCUT2D eigenvalue weighted by Crippen LogP contribution is -2.40. The predicted molar refractivity (Wildman–Crippen MR) is 54.6 cm³/mol. The summed E-state index contributed by atoms with van der Waals surface area (Å²) in [6.45, 7) is 8.96. The maximum absolute atomic E-state index is 5.47. The molecule has 0 bridgehead atoms. The molecule has 0 saturated carbocycles. The molecule has 12 heavy (non-hydrogen) atoms. The second-order valence-electron chi connectivity index (χ2n) is 4.15. The zero-order valence-electron chi connectivity index (χ0n) is 8.93. The second-order valence-corrected chi connectivity index (χ2v) is 4.15. The van der Waals surface area contributed by atoms with E-state index in [9.17, 15) is 0 Å². The quantitative estimate of drug-likeness (QED) is 0.476. The molecule has 3 N–H and O–H groups in total. The van der Waals surface area contributed by atoms with Gasteiger partial charge in [0.05, 0.1) is 0 Å². The Morgan fingerprint density at radius 3 is 2.17 bits per heavy atom. The number of nitrogens with two attached hydrogens (primary N) is 1. The van der Waals surface area contributed by atoms with Crippen molar-refractivity contribution in [1.29, 1.82) is 0 Å². The molecular formula is C10H24N2. The Labute approximate surface area is 76.9 Å². The minimum Gasteiger partial charge on any atom is -0.271 e. The minimum atomic E-state index is 0.478. The van der Waals surface area contributed by atoms with E-state index in [2.05, 4.69) is 33.1 Å². The molecule has 0 fully saturated rings. The average Bonchev–Trinajstić information content (AvgIpc) is 2.00. The molecule has 0 saturated heterocycles. The first-order valence-electron chi connectivity index (χ1n) is 5.07. The highest BCUT2D eigenvalue weighted by atomic mass is 15.2. The van der Waals surface area contributed by atoms with Gasteiger partial charge in [-0.1, -0.05) is 40.5 Å². The van der Waals surface area contributed by atoms with Crippen LogP contribution in [-0.4, -0.2) is 6.04 Å². The molecule has 2 nitrogen and oxygen atoms in total. The van der Waals surface area contributed by atoms with Crippen molar-refractivity contribution < 1.29 is 0 Å². The first-order chi connectivity index (χ1) is 5.61. The summed E-state index contributed by atoms with van der Waals surface area (Å²) in [6, 6.07) is 0.478. The van der Waals surface area contributed by atoms with Gasteiger partial charge in [-0.3, -0.25) is 11.3 Å². The molecule has 0 amide bonds. The fourth-order valence-electron chi connectivity index (χ4n) is 1.58. The Balaban J connectivity index is 3.69. The van der Waals surface area contributed by atoms with E-state index < -0.39 is 0 Å². The van der Waals surface area contributed by atoms with Crippen molar-refractivity contribution in [1.82, 2.24) is 5.43 Å². The topological polar surface area (TPSA) is 38.0 Å². The summed E-state index contributed by atoms with van der Waals surface area (Å²) >= 11 is 0. The summed E-state index contributed by atoms with van der Waals surface area (Å²) in [5.41, 5.74) is 2.89. The molecule has 0 spiro atoms. The van der Waals surface area contributed by atoms with Crippen molar-refractivity contribution in [2.45, 2.75) is 53.0 Å². The van der Waals surface area contributed by atoms with Crippen LogP contribution < -0.4 is 11.3 Å². The van der Waals surface area contributed by atoms with Crippen LogP contribution in [-0.2, 0) is 0 Å². The van der Waals surface area contributed by atoms with Crippen molar-refractivity contribution in [3.8, 4) is 0 Å². The monoisotopic (exact) mass is 172 g/mol. The van der Waals surface area contributed by atoms with Crippen molar-refractivity contribution in [2.24, 2.45) is 17.7 Å². The Morgan fingerprint density at radius 2 is 1.83 bits per heavy atom. The summed E-state index contributed by atoms with van der Waals surface area (Å²) in [6.07, 6.45) is 3.78. The van der Waals surface area contributed by atoms with E-state index in [4.69, 9.17) is 5.84 Å². The average molecular weight is 172 g/mol. The van der Waals surface area contributed by atoms with Crippen LogP contribution in [0.3, 0.4) is 0 Å². The van der Waals surface area contributed by atoms with E-state index in [1.807, 2.05) is 0 Å². The zero-order chi connectivity index (χ0) is 9.56. The molecule has 0 aromatic heterocycles. The van der Waals surface area contributed by atoms with E-state index in [1.54, 1.807) is 0 Å². The normalized spacial score (nSPS) is 16.5. The smallest absolute Gasteiger partial charge is 0.0236 e. The molecule has 74 valence electrons. The maximum Gasteiger partial charge on any atom is 0.0236 e. The highest BCUT2D eigenvalue weighted by Crippen LogP contribution is 2.16. The van der Waals surface area contributed by atoms with Crippen molar-refractivity contribution in [3.05, 3.63) is 0 Å². The summed E-state index contributed by atoms with van der Waals surface area (Å²) < 4.78 is 0. The Hall–Kier alpha value is -0.0800. The molecule has 0 aromatic rings. The fraction of sp³-hybridized carbons (Fsp3) is 1.00. The van der Waals surface area contributed by atoms with Gasteiger partial charge in [-0.05, 0) is 18.3 Å². The van der Waals surface area contributed by atoms with Crippen molar-refractivity contribution in [2.75, 3.05) is 0 Å². The first-order valence-corrected chi connectivity index (χ1v) is 5.07. The first kappa shape index (κ1) is 11.9. The number of hydrazine groups is 1. The third kappa shape index (κ3) is 4.73. The zero-order valence-corrected chi connectivity index (χ0v) is 8.93. The molecule has 0 aromatic carbocycles. The van der Waals surface area contributed by atoms with Gasteiger partial charge in [-0.25, -0.2) is 0 Å². The number of rotatable bonds is 6. The lowest BCUT2D eigenvalue weighted by molar-refractivity contribution is 0.322. The lowest BCUT2D eigenvalue weighted by Gasteiger charge is -2.23. The van der Waals surface area contributed by atoms with Crippen LogP contribution in [0.5, 0.6) is 0 Å². The molecule has 0 aliphatic carbocycles. The van der Waals surface area contributed by atoms with Gasteiger partial charge in [-0.15, -0.1) is 0 Å². The van der Waals surface area contributed by atoms with Gasteiger partial charge in [-0.2, -0.15) is 0 Å². The van der Waals surface area contributed by atoms with Crippen LogP contribution >= 0.6 is 0 Å². The summed E-state index contributed by atoms with van der Waals surface area (Å²) in [4.78, 5) is 0. The predicted octanol–water partition coefficient (Wildman–Crippen LogP) is 2.30. The van der Waals surface area contributed by atoms with Gasteiger partial charge < -0.3 is 0 Å². The molecule has 0 aliphatic heterocycles. The van der Waals surface area contributed by atoms with Gasteiger partial charge in [0.15, 0.2) is 0 Å². The lowest BCUT2D eigenvalue weighted by atomic mass is 9.91. The Kier molecular flexibility index (Phi) is 6.39. The highest BCUT2D eigenvalue weighted by molar-refractivity contribution is 4.70. The summed E-state index contributed by atoms with van der Waals surface area (Å²) in [5.74, 6) is 6.89. The van der Waals surface area contributed by atoms with Crippen LogP contribution in [0.1, 0.15) is 47.0 Å². The van der Waals surface area contributed by atoms with Crippen LogP contribution in [0.4, 0.5) is 0 Å². The molecule has 0 aliphatic rings. The standard InChI is InChI=1S/C10H24N2/c1-5-6-9(4)7-10(12-11)8(2)3/h8-10,12H,5-7,11H2,1-4H3. The van der Waals surface area contributed by atoms with E-state index in [1.165, 1.54) is 19.3 Å². The third-order valence-electron chi connectivity index (χ3n) is 2.46. The van der Waals surface area contributed by atoms with E-state index in [0.717, 1.165) is 5.92 Å². The van der Waals surface area contributed by atoms with E-state index in [0.29, 0.717) is 12.0 Å².